The maximum absolute atomic E-state index is 11.1. The normalized spacial score (nSPS) is 18.5. The number of hydrogen-bond acceptors (Lipinski definition) is 2. The predicted octanol–water partition coefficient (Wildman–Crippen LogP) is 3.49. The molecule has 2 aromatic rings. The van der Waals surface area contributed by atoms with E-state index < -0.39 is 0 Å². The largest absolute Gasteiger partial charge is 0.370 e. The fourth-order valence-corrected chi connectivity index (χ4v) is 2.85. The lowest BCUT2D eigenvalue weighted by Gasteiger charge is -2.20. The summed E-state index contributed by atoms with van der Waals surface area (Å²) in [6, 6.07) is 18.5. The summed E-state index contributed by atoms with van der Waals surface area (Å²) in [7, 11) is 0. The molecule has 3 rings (SSSR count). The number of anilines is 1. The van der Waals surface area contributed by atoms with Gasteiger partial charge in [-0.15, -0.1) is 0 Å². The quantitative estimate of drug-likeness (QED) is 0.778. The van der Waals surface area contributed by atoms with Crippen molar-refractivity contribution in [3.8, 4) is 0 Å². The van der Waals surface area contributed by atoms with E-state index in [0.29, 0.717) is 5.92 Å². The molecule has 0 aromatic heterocycles. The molecular weight excluding hydrogens is 234 g/mol. The van der Waals surface area contributed by atoms with Gasteiger partial charge in [0.25, 0.3) is 0 Å². The molecule has 1 fully saturated rings. The van der Waals surface area contributed by atoms with Crippen molar-refractivity contribution < 1.29 is 4.79 Å². The lowest BCUT2D eigenvalue weighted by molar-refractivity contribution is 0.112. The lowest BCUT2D eigenvalue weighted by Crippen LogP contribution is -2.20. The maximum atomic E-state index is 11.1. The van der Waals surface area contributed by atoms with Crippen LogP contribution >= 0.6 is 0 Å². The van der Waals surface area contributed by atoms with E-state index in [1.54, 1.807) is 0 Å². The number of nitrogens with zero attached hydrogens (tertiary/aromatic N) is 1. The first-order valence-corrected chi connectivity index (χ1v) is 6.72. The van der Waals surface area contributed by atoms with E-state index >= 15 is 0 Å². The lowest BCUT2D eigenvalue weighted by atomic mass is 9.99. The highest BCUT2D eigenvalue weighted by molar-refractivity contribution is 5.84. The van der Waals surface area contributed by atoms with Crippen LogP contribution < -0.4 is 4.90 Å². The van der Waals surface area contributed by atoms with Crippen LogP contribution in [0.3, 0.4) is 0 Å². The molecule has 0 amide bonds. The molecule has 1 heterocycles. The molecule has 1 atom stereocenters. The van der Waals surface area contributed by atoms with E-state index in [4.69, 9.17) is 0 Å². The first kappa shape index (κ1) is 12.0. The first-order valence-electron chi connectivity index (χ1n) is 6.72. The number of carbonyl (C=O) groups is 1. The molecule has 2 heteroatoms. The summed E-state index contributed by atoms with van der Waals surface area (Å²) >= 11 is 0. The summed E-state index contributed by atoms with van der Waals surface area (Å²) < 4.78 is 0. The highest BCUT2D eigenvalue weighted by Gasteiger charge is 2.24. The molecule has 96 valence electrons. The number of carbonyl (C=O) groups excluding carboxylic acids is 1. The van der Waals surface area contributed by atoms with Gasteiger partial charge in [0.05, 0.1) is 0 Å². The van der Waals surface area contributed by atoms with Crippen molar-refractivity contribution in [2.24, 2.45) is 0 Å². The first-order chi connectivity index (χ1) is 9.38. The minimum atomic E-state index is 0.570. The van der Waals surface area contributed by atoms with Gasteiger partial charge >= 0.3 is 0 Å². The molecule has 1 unspecified atom stereocenters. The van der Waals surface area contributed by atoms with Crippen molar-refractivity contribution in [3.05, 3.63) is 65.7 Å². The second kappa shape index (κ2) is 5.27. The van der Waals surface area contributed by atoms with E-state index in [2.05, 4.69) is 35.2 Å². The van der Waals surface area contributed by atoms with Crippen molar-refractivity contribution in [1.29, 1.82) is 0 Å². The summed E-state index contributed by atoms with van der Waals surface area (Å²) in [5.41, 5.74) is 3.25. The van der Waals surface area contributed by atoms with Crippen LogP contribution in [-0.2, 0) is 0 Å². The predicted molar refractivity (Wildman–Crippen MR) is 77.8 cm³/mol. The SMILES string of the molecule is O=Cc1ccccc1N1CCC(c2ccccc2)C1. The Labute approximate surface area is 113 Å². The molecular formula is C17H17NO. The summed E-state index contributed by atoms with van der Waals surface area (Å²) in [5.74, 6) is 0.570. The molecule has 1 aliphatic heterocycles. The van der Waals surface area contributed by atoms with Gasteiger partial charge in [-0.2, -0.15) is 0 Å². The average Bonchev–Trinajstić information content (AvgIpc) is 2.98. The Balaban J connectivity index is 1.81. The maximum Gasteiger partial charge on any atom is 0.152 e. The van der Waals surface area contributed by atoms with Gasteiger partial charge in [0.15, 0.2) is 6.29 Å². The molecule has 0 spiro atoms. The Bertz CT molecular complexity index is 564. The van der Waals surface area contributed by atoms with E-state index in [9.17, 15) is 4.79 Å². The molecule has 0 N–H and O–H groups in total. The number of benzene rings is 2. The van der Waals surface area contributed by atoms with Crippen LogP contribution in [0.5, 0.6) is 0 Å². The van der Waals surface area contributed by atoms with Gasteiger partial charge in [0, 0.05) is 30.3 Å². The molecule has 0 radical (unpaired) electrons. The van der Waals surface area contributed by atoms with Crippen LogP contribution in [0.1, 0.15) is 28.3 Å². The molecule has 0 saturated carbocycles. The van der Waals surface area contributed by atoms with Crippen LogP contribution in [-0.4, -0.2) is 19.4 Å². The summed E-state index contributed by atoms with van der Waals surface area (Å²) in [6.07, 6.45) is 2.10. The highest BCUT2D eigenvalue weighted by atomic mass is 16.1. The van der Waals surface area contributed by atoms with E-state index in [1.807, 2.05) is 24.3 Å². The van der Waals surface area contributed by atoms with Crippen molar-refractivity contribution in [1.82, 2.24) is 0 Å². The van der Waals surface area contributed by atoms with Gasteiger partial charge in [0.1, 0.15) is 0 Å². The van der Waals surface area contributed by atoms with E-state index in [1.165, 1.54) is 5.56 Å². The van der Waals surface area contributed by atoms with Crippen LogP contribution in [0, 0.1) is 0 Å². The number of hydrogen-bond donors (Lipinski definition) is 0. The standard InChI is InChI=1S/C17H17NO/c19-13-16-8-4-5-9-17(16)18-11-10-15(12-18)14-6-2-1-3-7-14/h1-9,13,15H,10-12H2. The van der Waals surface area contributed by atoms with Gasteiger partial charge in [-0.25, -0.2) is 0 Å². The number of para-hydroxylation sites is 1. The molecule has 1 aliphatic rings. The second-order valence-corrected chi connectivity index (χ2v) is 5.02. The van der Waals surface area contributed by atoms with Gasteiger partial charge in [-0.05, 0) is 24.1 Å². The fraction of sp³-hybridized carbons (Fsp3) is 0.235. The monoisotopic (exact) mass is 251 g/mol. The fourth-order valence-electron chi connectivity index (χ4n) is 2.85. The molecule has 2 aromatic carbocycles. The summed E-state index contributed by atoms with van der Waals surface area (Å²) in [5, 5.41) is 0. The van der Waals surface area contributed by atoms with Crippen LogP contribution in [0.4, 0.5) is 5.69 Å². The van der Waals surface area contributed by atoms with Crippen molar-refractivity contribution in [2.45, 2.75) is 12.3 Å². The zero-order chi connectivity index (χ0) is 13.1. The Kier molecular flexibility index (Phi) is 3.32. The molecule has 2 nitrogen and oxygen atoms in total. The van der Waals surface area contributed by atoms with Crippen LogP contribution in [0.2, 0.25) is 0 Å². The van der Waals surface area contributed by atoms with Crippen molar-refractivity contribution in [2.75, 3.05) is 18.0 Å². The van der Waals surface area contributed by atoms with Crippen LogP contribution in [0.25, 0.3) is 0 Å². The summed E-state index contributed by atoms with van der Waals surface area (Å²) in [6.45, 7) is 2.01. The molecule has 1 saturated heterocycles. The highest BCUT2D eigenvalue weighted by Crippen LogP contribution is 2.31. The number of aldehydes is 1. The Morgan fingerprint density at radius 1 is 1.00 bits per heavy atom. The molecule has 19 heavy (non-hydrogen) atoms. The zero-order valence-corrected chi connectivity index (χ0v) is 10.8. The third-order valence-corrected chi connectivity index (χ3v) is 3.86. The smallest absolute Gasteiger partial charge is 0.152 e. The van der Waals surface area contributed by atoms with E-state index in [0.717, 1.165) is 37.0 Å². The second-order valence-electron chi connectivity index (χ2n) is 5.02. The van der Waals surface area contributed by atoms with Gasteiger partial charge in [0.2, 0.25) is 0 Å². The third-order valence-electron chi connectivity index (χ3n) is 3.86. The van der Waals surface area contributed by atoms with Gasteiger partial charge < -0.3 is 4.90 Å². The molecule has 0 bridgehead atoms. The van der Waals surface area contributed by atoms with Crippen molar-refractivity contribution >= 4 is 12.0 Å². The zero-order valence-electron chi connectivity index (χ0n) is 10.8. The van der Waals surface area contributed by atoms with Gasteiger partial charge in [-0.1, -0.05) is 42.5 Å². The Morgan fingerprint density at radius 2 is 1.74 bits per heavy atom. The topological polar surface area (TPSA) is 20.3 Å². The Hall–Kier alpha value is -2.09. The minimum Gasteiger partial charge on any atom is -0.370 e. The number of rotatable bonds is 3. The Morgan fingerprint density at radius 3 is 2.53 bits per heavy atom. The third kappa shape index (κ3) is 2.39. The molecule has 0 aliphatic carbocycles. The average molecular weight is 251 g/mol. The van der Waals surface area contributed by atoms with Gasteiger partial charge in [-0.3, -0.25) is 4.79 Å². The van der Waals surface area contributed by atoms with E-state index in [-0.39, 0.29) is 0 Å². The summed E-state index contributed by atoms with van der Waals surface area (Å²) in [4.78, 5) is 13.4. The van der Waals surface area contributed by atoms with Crippen LogP contribution in [0.15, 0.2) is 54.6 Å². The minimum absolute atomic E-state index is 0.570. The van der Waals surface area contributed by atoms with Crippen molar-refractivity contribution in [3.63, 3.8) is 0 Å².